The summed E-state index contributed by atoms with van der Waals surface area (Å²) in [6.45, 7) is 8.72. The van der Waals surface area contributed by atoms with Crippen molar-refractivity contribution in [1.82, 2.24) is 4.90 Å². The van der Waals surface area contributed by atoms with Gasteiger partial charge in [-0.15, -0.1) is 0 Å². The normalized spacial score (nSPS) is 26.7. The van der Waals surface area contributed by atoms with E-state index in [2.05, 4.69) is 50.0 Å². The third-order valence-electron chi connectivity index (χ3n) is 5.09. The summed E-state index contributed by atoms with van der Waals surface area (Å²) in [7, 11) is 0. The van der Waals surface area contributed by atoms with Crippen molar-refractivity contribution in [3.63, 3.8) is 0 Å². The zero-order chi connectivity index (χ0) is 17.2. The van der Waals surface area contributed by atoms with Crippen LogP contribution in [0.2, 0.25) is 0 Å². The van der Waals surface area contributed by atoms with Crippen LogP contribution in [0.3, 0.4) is 0 Å². The smallest absolute Gasteiger partial charge is 0.187 e. The van der Waals surface area contributed by atoms with Gasteiger partial charge in [0.1, 0.15) is 6.07 Å². The number of nitrogens with zero attached hydrogens (tertiary/aromatic N) is 4. The lowest BCUT2D eigenvalue weighted by atomic mass is 9.58. The topological polar surface area (TPSA) is 101 Å². The van der Waals surface area contributed by atoms with Crippen LogP contribution in [0.25, 0.3) is 0 Å². The Hall–Kier alpha value is -2.29. The molecule has 2 aliphatic rings. The van der Waals surface area contributed by atoms with Gasteiger partial charge in [-0.05, 0) is 24.5 Å². The molecular formula is C18H23N5. The molecule has 0 saturated heterocycles. The Morgan fingerprint density at radius 1 is 1.35 bits per heavy atom. The van der Waals surface area contributed by atoms with Crippen molar-refractivity contribution < 1.29 is 0 Å². The van der Waals surface area contributed by atoms with Crippen molar-refractivity contribution in [2.45, 2.75) is 27.2 Å². The maximum absolute atomic E-state index is 9.79. The highest BCUT2D eigenvalue weighted by Crippen LogP contribution is 2.51. The number of fused-ring (bicyclic) bond motifs is 1. The first-order chi connectivity index (χ1) is 10.9. The van der Waals surface area contributed by atoms with Gasteiger partial charge in [-0.1, -0.05) is 26.8 Å². The summed E-state index contributed by atoms with van der Waals surface area (Å²) < 4.78 is 0. The first-order valence-corrected chi connectivity index (χ1v) is 8.10. The van der Waals surface area contributed by atoms with Gasteiger partial charge in [0, 0.05) is 24.9 Å². The molecule has 23 heavy (non-hydrogen) atoms. The van der Waals surface area contributed by atoms with Crippen LogP contribution in [0.4, 0.5) is 0 Å². The summed E-state index contributed by atoms with van der Waals surface area (Å²) in [4.78, 5) is 2.28. The predicted molar refractivity (Wildman–Crippen MR) is 87.1 cm³/mol. The quantitative estimate of drug-likeness (QED) is 0.862. The molecule has 0 aromatic heterocycles. The van der Waals surface area contributed by atoms with Gasteiger partial charge in [-0.25, -0.2) is 0 Å². The second kappa shape index (κ2) is 6.45. The number of nitrogens with two attached hydrogens (primary N) is 1. The summed E-state index contributed by atoms with van der Waals surface area (Å²) in [5.74, 6) is 0.165. The van der Waals surface area contributed by atoms with Crippen LogP contribution in [0.15, 0.2) is 22.9 Å². The second-order valence-electron chi connectivity index (χ2n) is 6.79. The number of likely N-dealkylation sites (N-methyl/N-ethyl adjacent to an activating group) is 1. The average Bonchev–Trinajstić information content (AvgIpc) is 2.55. The van der Waals surface area contributed by atoms with E-state index in [9.17, 15) is 15.8 Å². The molecule has 0 spiro atoms. The second-order valence-corrected chi connectivity index (χ2v) is 6.79. The zero-order valence-corrected chi connectivity index (χ0v) is 14.0. The summed E-state index contributed by atoms with van der Waals surface area (Å²) in [6.07, 6.45) is 2.79. The van der Waals surface area contributed by atoms with E-state index >= 15 is 0 Å². The molecule has 0 amide bonds. The lowest BCUT2D eigenvalue weighted by molar-refractivity contribution is 0.152. The molecule has 5 heteroatoms. The number of hydrogen-bond donors (Lipinski definition) is 1. The molecule has 5 nitrogen and oxygen atoms in total. The van der Waals surface area contributed by atoms with Crippen LogP contribution >= 0.6 is 0 Å². The minimum Gasteiger partial charge on any atom is -0.399 e. The van der Waals surface area contributed by atoms with Gasteiger partial charge < -0.3 is 5.73 Å². The van der Waals surface area contributed by atoms with Crippen LogP contribution in [0.1, 0.15) is 27.2 Å². The Morgan fingerprint density at radius 3 is 2.48 bits per heavy atom. The molecule has 1 heterocycles. The summed E-state index contributed by atoms with van der Waals surface area (Å²) in [6, 6.07) is 6.47. The molecule has 120 valence electrons. The van der Waals surface area contributed by atoms with Crippen molar-refractivity contribution in [3.05, 3.63) is 22.9 Å². The van der Waals surface area contributed by atoms with E-state index in [0.29, 0.717) is 11.5 Å². The fraction of sp³-hybridized carbons (Fsp3) is 0.611. The lowest BCUT2D eigenvalue weighted by Gasteiger charge is -2.46. The number of rotatable bonds is 3. The van der Waals surface area contributed by atoms with E-state index in [-0.39, 0.29) is 17.5 Å². The fourth-order valence-corrected chi connectivity index (χ4v) is 3.86. The van der Waals surface area contributed by atoms with Crippen LogP contribution in [0.5, 0.6) is 0 Å². The van der Waals surface area contributed by atoms with E-state index < -0.39 is 5.41 Å². The van der Waals surface area contributed by atoms with E-state index in [4.69, 9.17) is 5.73 Å². The van der Waals surface area contributed by atoms with Gasteiger partial charge in [-0.2, -0.15) is 15.8 Å². The highest BCUT2D eigenvalue weighted by molar-refractivity contribution is 5.56. The molecule has 0 fully saturated rings. The fourth-order valence-electron chi connectivity index (χ4n) is 3.86. The molecule has 0 aromatic carbocycles. The molecule has 2 rings (SSSR count). The maximum atomic E-state index is 9.79. The first kappa shape index (κ1) is 17.1. The minimum absolute atomic E-state index is 0.00681. The van der Waals surface area contributed by atoms with E-state index in [1.807, 2.05) is 0 Å². The largest absolute Gasteiger partial charge is 0.399 e. The van der Waals surface area contributed by atoms with Crippen LogP contribution in [0, 0.1) is 57.2 Å². The average molecular weight is 309 g/mol. The molecule has 0 unspecified atom stereocenters. The number of allylic oxidation sites excluding steroid dienone is 2. The third kappa shape index (κ3) is 2.61. The molecule has 0 aromatic rings. The molecule has 2 atom stereocenters. The highest BCUT2D eigenvalue weighted by Gasteiger charge is 2.53. The molecular weight excluding hydrogens is 286 g/mol. The van der Waals surface area contributed by atoms with Gasteiger partial charge >= 0.3 is 0 Å². The van der Waals surface area contributed by atoms with Crippen molar-refractivity contribution in [1.29, 1.82) is 15.8 Å². The SMILES string of the molecule is CCN1CC=C2C(C#N)=C(N)C(C#N)(C#N)[C@@H](CC(C)C)[C@H]2C1. The Kier molecular flexibility index (Phi) is 4.79. The Bertz CT molecular complexity index is 651. The van der Waals surface area contributed by atoms with Gasteiger partial charge in [0.15, 0.2) is 5.41 Å². The summed E-state index contributed by atoms with van der Waals surface area (Å²) in [5.41, 5.74) is 6.19. The first-order valence-electron chi connectivity index (χ1n) is 8.10. The van der Waals surface area contributed by atoms with Gasteiger partial charge in [-0.3, -0.25) is 4.90 Å². The Balaban J connectivity index is 2.68. The van der Waals surface area contributed by atoms with E-state index in [0.717, 1.165) is 31.6 Å². The van der Waals surface area contributed by atoms with Crippen molar-refractivity contribution >= 4 is 0 Å². The van der Waals surface area contributed by atoms with E-state index in [1.54, 1.807) is 0 Å². The van der Waals surface area contributed by atoms with Crippen LogP contribution < -0.4 is 5.73 Å². The van der Waals surface area contributed by atoms with Crippen molar-refractivity contribution in [2.24, 2.45) is 28.9 Å². The molecule has 0 saturated carbocycles. The zero-order valence-electron chi connectivity index (χ0n) is 14.0. The lowest BCUT2D eigenvalue weighted by Crippen LogP contribution is -2.49. The van der Waals surface area contributed by atoms with Gasteiger partial charge in [0.2, 0.25) is 0 Å². The minimum atomic E-state index is -1.41. The molecule has 1 aliphatic heterocycles. The van der Waals surface area contributed by atoms with Crippen molar-refractivity contribution in [3.8, 4) is 18.2 Å². The monoisotopic (exact) mass is 309 g/mol. The summed E-state index contributed by atoms with van der Waals surface area (Å²) in [5, 5.41) is 29.1. The molecule has 0 bridgehead atoms. The van der Waals surface area contributed by atoms with Gasteiger partial charge in [0.05, 0.1) is 23.4 Å². The molecule has 0 radical (unpaired) electrons. The molecule has 2 N–H and O–H groups in total. The number of nitriles is 3. The third-order valence-corrected chi connectivity index (χ3v) is 5.09. The Labute approximate surface area is 138 Å². The number of hydrogen-bond acceptors (Lipinski definition) is 5. The standard InChI is InChI=1S/C18H23N5/c1-4-23-6-5-13-14(8-19)17(22)18(10-20,11-21)16(7-12(2)3)15(13)9-23/h5,12,15-16H,4,6-7,9,22H2,1-3H3/t15-,16-/m0/s1. The predicted octanol–water partition coefficient (Wildman–Crippen LogP) is 2.31. The Morgan fingerprint density at radius 2 is 2.00 bits per heavy atom. The highest BCUT2D eigenvalue weighted by atomic mass is 15.1. The maximum Gasteiger partial charge on any atom is 0.187 e. The molecule has 1 aliphatic carbocycles. The van der Waals surface area contributed by atoms with Crippen LogP contribution in [-0.2, 0) is 0 Å². The van der Waals surface area contributed by atoms with E-state index in [1.165, 1.54) is 0 Å². The van der Waals surface area contributed by atoms with Gasteiger partial charge in [0.25, 0.3) is 0 Å². The van der Waals surface area contributed by atoms with Crippen LogP contribution in [-0.4, -0.2) is 24.5 Å². The van der Waals surface area contributed by atoms with Crippen molar-refractivity contribution in [2.75, 3.05) is 19.6 Å². The summed E-state index contributed by atoms with van der Waals surface area (Å²) >= 11 is 0.